The minimum Gasteiger partial charge on any atom is -0.300 e. The van der Waals surface area contributed by atoms with Crippen molar-refractivity contribution in [2.24, 2.45) is 34.5 Å². The molecule has 0 unspecified atom stereocenters. The lowest BCUT2D eigenvalue weighted by Gasteiger charge is -2.57. The van der Waals surface area contributed by atoms with Gasteiger partial charge in [0.1, 0.15) is 5.78 Å². The fourth-order valence-corrected chi connectivity index (χ4v) is 7.42. The van der Waals surface area contributed by atoms with Crippen molar-refractivity contribution in [3.05, 3.63) is 23.3 Å². The highest BCUT2D eigenvalue weighted by Crippen LogP contribution is 2.66. The smallest absolute Gasteiger partial charge is 0.133 e. The Balaban J connectivity index is 1.74. The third kappa shape index (κ3) is 2.01. The Morgan fingerprint density at radius 2 is 1.91 bits per heavy atom. The molecule has 0 spiro atoms. The van der Waals surface area contributed by atoms with Crippen LogP contribution in [0.25, 0.3) is 0 Å². The van der Waals surface area contributed by atoms with Gasteiger partial charge in [0.15, 0.2) is 0 Å². The summed E-state index contributed by atoms with van der Waals surface area (Å²) in [7, 11) is 0. The summed E-state index contributed by atoms with van der Waals surface area (Å²) in [5.74, 6) is 3.21. The lowest BCUT2D eigenvalue weighted by Crippen LogP contribution is -2.50. The van der Waals surface area contributed by atoms with E-state index in [0.717, 1.165) is 24.2 Å². The molecule has 2 fully saturated rings. The third-order valence-electron chi connectivity index (χ3n) is 8.48. The van der Waals surface area contributed by atoms with Crippen LogP contribution in [-0.4, -0.2) is 5.78 Å². The number of rotatable bonds is 1. The molecule has 4 rings (SSSR count). The standard InChI is InChI=1S/C22H32O/c1-14-13-16-19-9-8-18(15(2)23)22(19,4)12-10-20(16)21(3)11-6-5-7-17(14)21/h5,7,16,18-20H,6,8-13H2,1-4H3/t16-,18+,19-,20-,21-,22+/m0/s1. The van der Waals surface area contributed by atoms with Crippen LogP contribution in [-0.2, 0) is 4.79 Å². The summed E-state index contributed by atoms with van der Waals surface area (Å²) in [6.45, 7) is 9.21. The summed E-state index contributed by atoms with van der Waals surface area (Å²) in [6, 6.07) is 0. The number of Topliss-reactive ketones (excluding diaryl/α,β-unsaturated/α-hetero) is 1. The topological polar surface area (TPSA) is 17.1 Å². The molecule has 0 saturated heterocycles. The number of fused-ring (bicyclic) bond motifs is 5. The van der Waals surface area contributed by atoms with Crippen LogP contribution >= 0.6 is 0 Å². The summed E-state index contributed by atoms with van der Waals surface area (Å²) in [6.07, 6.45) is 13.7. The fourth-order valence-electron chi connectivity index (χ4n) is 7.42. The lowest BCUT2D eigenvalue weighted by molar-refractivity contribution is -0.127. The Morgan fingerprint density at radius 3 is 2.65 bits per heavy atom. The van der Waals surface area contributed by atoms with E-state index in [4.69, 9.17) is 0 Å². The van der Waals surface area contributed by atoms with E-state index in [2.05, 4.69) is 32.9 Å². The average Bonchev–Trinajstić information content (AvgIpc) is 2.85. The summed E-state index contributed by atoms with van der Waals surface area (Å²) in [4.78, 5) is 12.2. The van der Waals surface area contributed by atoms with Crippen molar-refractivity contribution in [3.8, 4) is 0 Å². The highest BCUT2D eigenvalue weighted by atomic mass is 16.1. The minimum atomic E-state index is 0.283. The van der Waals surface area contributed by atoms with Gasteiger partial charge in [0, 0.05) is 5.92 Å². The number of carbonyl (C=O) groups excluding carboxylic acids is 1. The molecular weight excluding hydrogens is 280 g/mol. The number of ketones is 1. The molecule has 0 aromatic rings. The molecule has 6 atom stereocenters. The molecule has 2 saturated carbocycles. The van der Waals surface area contributed by atoms with Gasteiger partial charge in [-0.3, -0.25) is 4.79 Å². The minimum absolute atomic E-state index is 0.283. The Kier molecular flexibility index (Phi) is 3.45. The Labute approximate surface area is 141 Å². The van der Waals surface area contributed by atoms with Crippen molar-refractivity contribution < 1.29 is 4.79 Å². The zero-order valence-corrected chi connectivity index (χ0v) is 15.3. The molecule has 0 heterocycles. The average molecular weight is 312 g/mol. The maximum Gasteiger partial charge on any atom is 0.133 e. The second-order valence-corrected chi connectivity index (χ2v) is 9.42. The molecule has 4 aliphatic rings. The van der Waals surface area contributed by atoms with Crippen LogP contribution in [0.15, 0.2) is 23.3 Å². The van der Waals surface area contributed by atoms with Crippen LogP contribution in [0, 0.1) is 34.5 Å². The van der Waals surface area contributed by atoms with Gasteiger partial charge in [-0.05, 0) is 93.0 Å². The Bertz CT molecular complexity index is 597. The van der Waals surface area contributed by atoms with Gasteiger partial charge in [0.05, 0.1) is 0 Å². The van der Waals surface area contributed by atoms with Crippen molar-refractivity contribution >= 4 is 5.78 Å². The van der Waals surface area contributed by atoms with Crippen molar-refractivity contribution in [2.75, 3.05) is 0 Å². The van der Waals surface area contributed by atoms with Crippen molar-refractivity contribution in [1.29, 1.82) is 0 Å². The van der Waals surface area contributed by atoms with Gasteiger partial charge < -0.3 is 0 Å². The number of hydrogen-bond acceptors (Lipinski definition) is 1. The fraction of sp³-hybridized carbons (Fsp3) is 0.773. The summed E-state index contributed by atoms with van der Waals surface area (Å²) < 4.78 is 0. The van der Waals surface area contributed by atoms with Crippen LogP contribution in [0.5, 0.6) is 0 Å². The predicted molar refractivity (Wildman–Crippen MR) is 95.0 cm³/mol. The molecule has 1 nitrogen and oxygen atoms in total. The quantitative estimate of drug-likeness (QED) is 0.606. The highest BCUT2D eigenvalue weighted by Gasteiger charge is 2.59. The van der Waals surface area contributed by atoms with E-state index in [1.54, 1.807) is 11.1 Å². The SMILES string of the molecule is CC(=O)[C@H]1CC[C@H]2[C@@H]3CC(C)=C4C=CCC[C@]4(C)[C@H]3CC[C@]12C. The van der Waals surface area contributed by atoms with Crippen LogP contribution in [0.3, 0.4) is 0 Å². The molecule has 23 heavy (non-hydrogen) atoms. The summed E-state index contributed by atoms with van der Waals surface area (Å²) in [5.41, 5.74) is 3.98. The molecule has 0 bridgehead atoms. The molecule has 0 amide bonds. The van der Waals surface area contributed by atoms with E-state index in [9.17, 15) is 4.79 Å². The largest absolute Gasteiger partial charge is 0.300 e. The van der Waals surface area contributed by atoms with Gasteiger partial charge in [-0.1, -0.05) is 31.6 Å². The maximum absolute atomic E-state index is 12.2. The monoisotopic (exact) mass is 312 g/mol. The van der Waals surface area contributed by atoms with E-state index >= 15 is 0 Å². The van der Waals surface area contributed by atoms with Crippen LogP contribution in [0.4, 0.5) is 0 Å². The highest BCUT2D eigenvalue weighted by molar-refractivity contribution is 5.79. The van der Waals surface area contributed by atoms with E-state index in [0.29, 0.717) is 17.1 Å². The Hall–Kier alpha value is -0.850. The van der Waals surface area contributed by atoms with Crippen LogP contribution in [0.2, 0.25) is 0 Å². The molecule has 0 aromatic carbocycles. The molecule has 0 N–H and O–H groups in total. The number of carbonyl (C=O) groups is 1. The third-order valence-corrected chi connectivity index (χ3v) is 8.48. The van der Waals surface area contributed by atoms with Gasteiger partial charge in [-0.15, -0.1) is 0 Å². The van der Waals surface area contributed by atoms with Gasteiger partial charge in [-0.25, -0.2) is 0 Å². The van der Waals surface area contributed by atoms with Crippen LogP contribution in [0.1, 0.15) is 72.6 Å². The second-order valence-electron chi connectivity index (χ2n) is 9.42. The van der Waals surface area contributed by atoms with Crippen molar-refractivity contribution in [2.45, 2.75) is 72.6 Å². The summed E-state index contributed by atoms with van der Waals surface area (Å²) >= 11 is 0. The van der Waals surface area contributed by atoms with Gasteiger partial charge >= 0.3 is 0 Å². The molecule has 1 heteroatoms. The summed E-state index contributed by atoms with van der Waals surface area (Å²) in [5, 5.41) is 0. The predicted octanol–water partition coefficient (Wildman–Crippen LogP) is 5.71. The molecule has 0 aromatic heterocycles. The van der Waals surface area contributed by atoms with E-state index < -0.39 is 0 Å². The molecule has 0 radical (unpaired) electrons. The van der Waals surface area contributed by atoms with Gasteiger partial charge in [-0.2, -0.15) is 0 Å². The first-order chi connectivity index (χ1) is 10.9. The normalized spacial score (nSPS) is 48.7. The first kappa shape index (κ1) is 15.7. The molecular formula is C22H32O. The maximum atomic E-state index is 12.2. The molecule has 0 aliphatic heterocycles. The Morgan fingerprint density at radius 1 is 1.13 bits per heavy atom. The van der Waals surface area contributed by atoms with Crippen molar-refractivity contribution in [1.82, 2.24) is 0 Å². The zero-order chi connectivity index (χ0) is 16.4. The zero-order valence-electron chi connectivity index (χ0n) is 15.3. The van der Waals surface area contributed by atoms with E-state index in [1.165, 1.54) is 38.5 Å². The molecule has 126 valence electrons. The molecule has 4 aliphatic carbocycles. The van der Waals surface area contributed by atoms with Crippen LogP contribution < -0.4 is 0 Å². The first-order valence-corrected chi connectivity index (χ1v) is 9.75. The second kappa shape index (κ2) is 5.07. The number of allylic oxidation sites excluding steroid dienone is 4. The van der Waals surface area contributed by atoms with Crippen molar-refractivity contribution in [3.63, 3.8) is 0 Å². The van der Waals surface area contributed by atoms with Gasteiger partial charge in [0.2, 0.25) is 0 Å². The lowest BCUT2D eigenvalue weighted by atomic mass is 9.47. The van der Waals surface area contributed by atoms with Gasteiger partial charge in [0.25, 0.3) is 0 Å². The first-order valence-electron chi connectivity index (χ1n) is 9.75. The van der Waals surface area contributed by atoms with E-state index in [-0.39, 0.29) is 5.41 Å². The van der Waals surface area contributed by atoms with E-state index in [1.807, 2.05) is 6.92 Å². The number of hydrogen-bond donors (Lipinski definition) is 0.